The molecule has 0 saturated carbocycles. The maximum atomic E-state index is 2.39. The summed E-state index contributed by atoms with van der Waals surface area (Å²) in [5.74, 6) is 0. The Bertz CT molecular complexity index is 52.1. The third-order valence-corrected chi connectivity index (χ3v) is 18.0. The minimum absolute atomic E-state index is 0. The molecule has 0 rings (SSSR count). The standard InChI is InChI=1S/4C2H5.ClH.Sb/c4*1-2;;/h4*1H2,2H3;1H;. The van der Waals surface area contributed by atoms with E-state index in [1.54, 1.807) is 17.5 Å². The monoisotopic (exact) mass is 273 g/mol. The van der Waals surface area contributed by atoms with E-state index < -0.39 is 18.8 Å². The summed E-state index contributed by atoms with van der Waals surface area (Å²) in [6, 6.07) is 0. The molecule has 0 aromatic carbocycles. The van der Waals surface area contributed by atoms with Gasteiger partial charge >= 0.3 is 64.0 Å². The maximum absolute atomic E-state index is 2.39. The summed E-state index contributed by atoms with van der Waals surface area (Å²) in [7, 11) is 0. The van der Waals surface area contributed by atoms with E-state index in [0.717, 1.165) is 0 Å². The van der Waals surface area contributed by atoms with Crippen LogP contribution in [0.2, 0.25) is 17.5 Å². The van der Waals surface area contributed by atoms with Crippen molar-refractivity contribution in [3.8, 4) is 0 Å². The van der Waals surface area contributed by atoms with Gasteiger partial charge in [0.25, 0.3) is 0 Å². The van der Waals surface area contributed by atoms with Gasteiger partial charge in [0.2, 0.25) is 0 Å². The van der Waals surface area contributed by atoms with Crippen molar-refractivity contribution in [2.45, 2.75) is 45.2 Å². The third-order valence-electron chi connectivity index (χ3n) is 2.68. The Morgan fingerprint density at radius 1 is 0.700 bits per heavy atom. The Hall–Kier alpha value is 1.11. The molecule has 65 valence electrons. The molecule has 0 N–H and O–H groups in total. The fourth-order valence-electron chi connectivity index (χ4n) is 1.34. The molecule has 0 heterocycles. The first-order valence-corrected chi connectivity index (χ1v) is 11.3. The van der Waals surface area contributed by atoms with Crippen molar-refractivity contribution in [2.24, 2.45) is 0 Å². The fraction of sp³-hybridized carbons (Fsp3) is 1.00. The normalized spacial score (nSPS) is 10.8. The van der Waals surface area contributed by atoms with Gasteiger partial charge in [-0.2, -0.15) is 0 Å². The molecule has 0 unspecified atom stereocenters. The minimum atomic E-state index is -1.29. The Balaban J connectivity index is 0. The zero-order chi connectivity index (χ0) is 7.33. The molecule has 0 aliphatic heterocycles. The average molecular weight is 274 g/mol. The van der Waals surface area contributed by atoms with Crippen LogP contribution in [0.3, 0.4) is 0 Å². The maximum Gasteiger partial charge on any atom is -0.147 e. The first-order chi connectivity index (χ1) is 4.24. The van der Waals surface area contributed by atoms with Gasteiger partial charge in [0.15, 0.2) is 0 Å². The number of halogens is 1. The Labute approximate surface area is 76.2 Å². The van der Waals surface area contributed by atoms with Gasteiger partial charge in [0.05, 0.1) is 0 Å². The van der Waals surface area contributed by atoms with Crippen molar-refractivity contribution in [3.63, 3.8) is 0 Å². The number of hydrogen-bond donors (Lipinski definition) is 0. The van der Waals surface area contributed by atoms with E-state index in [4.69, 9.17) is 0 Å². The summed E-state index contributed by atoms with van der Waals surface area (Å²) < 4.78 is 6.18. The summed E-state index contributed by atoms with van der Waals surface area (Å²) in [6.45, 7) is 9.56. The van der Waals surface area contributed by atoms with Crippen LogP contribution in [-0.4, -0.2) is 18.8 Å². The van der Waals surface area contributed by atoms with Gasteiger partial charge in [-0.25, -0.2) is 0 Å². The van der Waals surface area contributed by atoms with E-state index in [0.29, 0.717) is 0 Å². The summed E-state index contributed by atoms with van der Waals surface area (Å²) in [4.78, 5) is 0. The number of hydrogen-bond acceptors (Lipinski definition) is 0. The third kappa shape index (κ3) is 3.48. The summed E-state index contributed by atoms with van der Waals surface area (Å²) in [5, 5.41) is 0. The van der Waals surface area contributed by atoms with Crippen LogP contribution in [0.5, 0.6) is 0 Å². The van der Waals surface area contributed by atoms with E-state index >= 15 is 0 Å². The molecule has 0 nitrogen and oxygen atoms in total. The average Bonchev–Trinajstić information content (AvgIpc) is 1.95. The fourth-order valence-corrected chi connectivity index (χ4v) is 9.00. The van der Waals surface area contributed by atoms with Crippen LogP contribution in [-0.2, 0) is 0 Å². The molecule has 0 aromatic rings. The van der Waals surface area contributed by atoms with E-state index in [-0.39, 0.29) is 12.4 Å². The summed E-state index contributed by atoms with van der Waals surface area (Å²) in [6.07, 6.45) is 0. The molecule has 0 amide bonds. The molecule has 2 heteroatoms. The van der Waals surface area contributed by atoms with Crippen molar-refractivity contribution in [3.05, 3.63) is 0 Å². The van der Waals surface area contributed by atoms with Gasteiger partial charge in [-0.05, 0) is 0 Å². The molecule has 0 atom stereocenters. The summed E-state index contributed by atoms with van der Waals surface area (Å²) in [5.41, 5.74) is 0. The second-order valence-electron chi connectivity index (χ2n) is 2.61. The summed E-state index contributed by atoms with van der Waals surface area (Å²) >= 11 is -1.29. The molecule has 0 bridgehead atoms. The van der Waals surface area contributed by atoms with Crippen molar-refractivity contribution < 1.29 is 0 Å². The molecule has 0 aliphatic carbocycles. The molecule has 0 fully saturated rings. The SMILES string of the molecule is C[CH2][Sb]([CH2]C)([CH2]C)[CH2]C.Cl. The van der Waals surface area contributed by atoms with E-state index in [2.05, 4.69) is 27.7 Å². The predicted molar refractivity (Wildman–Crippen MR) is 54.9 cm³/mol. The van der Waals surface area contributed by atoms with Crippen LogP contribution in [0.1, 0.15) is 27.7 Å². The van der Waals surface area contributed by atoms with Gasteiger partial charge in [-0.1, -0.05) is 0 Å². The van der Waals surface area contributed by atoms with Crippen molar-refractivity contribution in [2.75, 3.05) is 0 Å². The van der Waals surface area contributed by atoms with Gasteiger partial charge in [-0.3, -0.25) is 0 Å². The zero-order valence-corrected chi connectivity index (χ0v) is 11.1. The molecule has 0 saturated heterocycles. The molecule has 0 spiro atoms. The van der Waals surface area contributed by atoms with Crippen LogP contribution in [0, 0.1) is 0 Å². The van der Waals surface area contributed by atoms with Crippen LogP contribution in [0.15, 0.2) is 0 Å². The van der Waals surface area contributed by atoms with Crippen LogP contribution >= 0.6 is 12.4 Å². The van der Waals surface area contributed by atoms with E-state index in [1.807, 2.05) is 0 Å². The number of rotatable bonds is 4. The second kappa shape index (κ2) is 6.80. The van der Waals surface area contributed by atoms with E-state index in [9.17, 15) is 0 Å². The second-order valence-corrected chi connectivity index (χ2v) is 17.5. The van der Waals surface area contributed by atoms with Crippen molar-refractivity contribution in [1.82, 2.24) is 0 Å². The minimum Gasteiger partial charge on any atom is -0.147 e. The molecule has 0 aliphatic rings. The topological polar surface area (TPSA) is 0 Å². The first kappa shape index (κ1) is 13.7. The molecule has 1 radical (unpaired) electrons. The van der Waals surface area contributed by atoms with Gasteiger partial charge in [0, 0.05) is 0 Å². The van der Waals surface area contributed by atoms with Gasteiger partial charge < -0.3 is 0 Å². The largest absolute Gasteiger partial charge is 0.147 e. The van der Waals surface area contributed by atoms with Crippen molar-refractivity contribution in [1.29, 1.82) is 0 Å². The van der Waals surface area contributed by atoms with Gasteiger partial charge in [0.1, 0.15) is 0 Å². The Morgan fingerprint density at radius 3 is 0.900 bits per heavy atom. The first-order valence-electron chi connectivity index (χ1n) is 4.09. The molecule has 10 heavy (non-hydrogen) atoms. The smallest absolute Gasteiger partial charge is 0.147 e. The molecular weight excluding hydrogens is 253 g/mol. The Morgan fingerprint density at radius 2 is 0.900 bits per heavy atom. The van der Waals surface area contributed by atoms with E-state index in [1.165, 1.54) is 0 Å². The van der Waals surface area contributed by atoms with Crippen LogP contribution in [0.4, 0.5) is 0 Å². The predicted octanol–water partition coefficient (Wildman–Crippen LogP) is 3.94. The molecular formula is C8H21ClSb. The quantitative estimate of drug-likeness (QED) is 0.681. The van der Waals surface area contributed by atoms with Gasteiger partial charge in [-0.15, -0.1) is 12.4 Å². The zero-order valence-electron chi connectivity index (χ0n) is 7.68. The van der Waals surface area contributed by atoms with Crippen LogP contribution < -0.4 is 0 Å². The van der Waals surface area contributed by atoms with Crippen molar-refractivity contribution >= 4 is 31.2 Å². The Kier molecular flexibility index (Phi) is 9.30. The van der Waals surface area contributed by atoms with Crippen LogP contribution in [0.25, 0.3) is 0 Å². The molecule has 0 aromatic heterocycles.